The average molecular weight is 654 g/mol. The Morgan fingerprint density at radius 2 is 1.88 bits per heavy atom. The van der Waals surface area contributed by atoms with Crippen LogP contribution in [0.2, 0.25) is 15.1 Å². The lowest BCUT2D eigenvalue weighted by molar-refractivity contribution is 0.112. The molecule has 222 valence electrons. The monoisotopic (exact) mass is 652 g/mol. The van der Waals surface area contributed by atoms with Crippen molar-refractivity contribution in [3.8, 4) is 6.07 Å². The molecule has 6 rings (SSSR count). The predicted octanol–water partition coefficient (Wildman–Crippen LogP) is 7.98. The molecular formula is C31H31Cl3N8S. The Kier molecular flexibility index (Phi) is 8.87. The van der Waals surface area contributed by atoms with E-state index in [1.54, 1.807) is 11.3 Å². The summed E-state index contributed by atoms with van der Waals surface area (Å²) in [5.41, 5.74) is 11.7. The molecule has 1 fully saturated rings. The lowest BCUT2D eigenvalue weighted by Gasteiger charge is -2.35. The fourth-order valence-electron chi connectivity index (χ4n) is 5.54. The van der Waals surface area contributed by atoms with Crippen molar-refractivity contribution in [3.63, 3.8) is 0 Å². The molecule has 4 aromatic rings. The zero-order chi connectivity index (χ0) is 30.1. The zero-order valence-electron chi connectivity index (χ0n) is 23.7. The van der Waals surface area contributed by atoms with Crippen LogP contribution in [0.25, 0.3) is 10.9 Å². The number of anilines is 3. The third-order valence-electron chi connectivity index (χ3n) is 8.02. The van der Waals surface area contributed by atoms with E-state index in [0.29, 0.717) is 43.3 Å². The van der Waals surface area contributed by atoms with Crippen molar-refractivity contribution in [2.24, 2.45) is 0 Å². The molecule has 0 aliphatic carbocycles. The van der Waals surface area contributed by atoms with E-state index in [1.807, 2.05) is 48.7 Å². The van der Waals surface area contributed by atoms with E-state index in [4.69, 9.17) is 34.8 Å². The molecule has 4 N–H and O–H groups in total. The number of nitriles is 1. The van der Waals surface area contributed by atoms with Crippen molar-refractivity contribution in [3.05, 3.63) is 90.9 Å². The van der Waals surface area contributed by atoms with Gasteiger partial charge in [-0.05, 0) is 67.6 Å². The van der Waals surface area contributed by atoms with Gasteiger partial charge in [-0.1, -0.05) is 47.8 Å². The molecule has 12 heteroatoms. The Morgan fingerprint density at radius 3 is 2.58 bits per heavy atom. The second kappa shape index (κ2) is 12.8. The first kappa shape index (κ1) is 29.8. The number of hydrogen-bond acceptors (Lipinski definition) is 9. The van der Waals surface area contributed by atoms with Crippen molar-refractivity contribution in [2.75, 3.05) is 30.3 Å². The summed E-state index contributed by atoms with van der Waals surface area (Å²) in [6, 6.07) is 13.8. The lowest BCUT2D eigenvalue weighted by Crippen LogP contribution is -2.48. The normalized spacial score (nSPS) is 16.6. The molecule has 0 amide bonds. The van der Waals surface area contributed by atoms with E-state index in [1.165, 1.54) is 6.20 Å². The molecule has 2 aromatic carbocycles. The van der Waals surface area contributed by atoms with Gasteiger partial charge in [-0.3, -0.25) is 9.99 Å². The van der Waals surface area contributed by atoms with E-state index in [2.05, 4.69) is 55.7 Å². The molecule has 1 saturated heterocycles. The maximum Gasteiger partial charge on any atom is 0.105 e. The number of pyridine rings is 1. The highest BCUT2D eigenvalue weighted by molar-refractivity contribution is 7.10. The molecule has 0 spiro atoms. The van der Waals surface area contributed by atoms with Crippen molar-refractivity contribution in [1.29, 1.82) is 5.26 Å². The van der Waals surface area contributed by atoms with Gasteiger partial charge in [0.25, 0.3) is 0 Å². The molecule has 2 aliphatic rings. The molecule has 2 aromatic heterocycles. The highest BCUT2D eigenvalue weighted by atomic mass is 35.5. The first-order valence-electron chi connectivity index (χ1n) is 14.1. The third-order valence-corrected chi connectivity index (χ3v) is 10.1. The number of likely N-dealkylation sites (tertiary alicyclic amines) is 1. The van der Waals surface area contributed by atoms with Gasteiger partial charge in [-0.2, -0.15) is 5.26 Å². The number of aromatic nitrogens is 1. The first-order valence-corrected chi connectivity index (χ1v) is 16.1. The Hall–Kier alpha value is -3.23. The van der Waals surface area contributed by atoms with Gasteiger partial charge in [-0.15, -0.1) is 16.9 Å². The lowest BCUT2D eigenvalue weighted by atomic mass is 10.0. The van der Waals surface area contributed by atoms with Gasteiger partial charge >= 0.3 is 0 Å². The van der Waals surface area contributed by atoms with Crippen LogP contribution in [0.15, 0.2) is 59.9 Å². The Labute approximate surface area is 270 Å². The second-order valence-electron chi connectivity index (χ2n) is 10.7. The van der Waals surface area contributed by atoms with Crippen LogP contribution in [-0.2, 0) is 0 Å². The number of nitrogens with one attached hydrogen (secondary N) is 4. The minimum Gasteiger partial charge on any atom is -0.372 e. The number of benzene rings is 2. The molecule has 8 nitrogen and oxygen atoms in total. The molecule has 0 radical (unpaired) electrons. The van der Waals surface area contributed by atoms with Gasteiger partial charge in [-0.25, -0.2) is 0 Å². The number of hydrazine groups is 2. The summed E-state index contributed by atoms with van der Waals surface area (Å²) in [5.74, 6) is 0. The quantitative estimate of drug-likeness (QED) is 0.152. The van der Waals surface area contributed by atoms with E-state index < -0.39 is 0 Å². The van der Waals surface area contributed by atoms with Crippen LogP contribution in [0.1, 0.15) is 41.8 Å². The minimum atomic E-state index is -0.284. The van der Waals surface area contributed by atoms with Gasteiger partial charge in [0.2, 0.25) is 0 Å². The van der Waals surface area contributed by atoms with E-state index in [9.17, 15) is 5.26 Å². The van der Waals surface area contributed by atoms with Gasteiger partial charge in [0.15, 0.2) is 0 Å². The molecule has 4 heterocycles. The Balaban J connectivity index is 1.36. The van der Waals surface area contributed by atoms with Gasteiger partial charge in [0.05, 0.1) is 37.4 Å². The molecule has 1 atom stereocenters. The van der Waals surface area contributed by atoms with E-state index in [0.717, 1.165) is 60.0 Å². The number of thiophene rings is 1. The smallest absolute Gasteiger partial charge is 0.105 e. The molecule has 43 heavy (non-hydrogen) atoms. The van der Waals surface area contributed by atoms with Crippen LogP contribution in [0.3, 0.4) is 0 Å². The Bertz CT molecular complexity index is 1720. The van der Waals surface area contributed by atoms with Crippen LogP contribution in [-0.4, -0.2) is 40.6 Å². The molecular weight excluding hydrogens is 623 g/mol. The third kappa shape index (κ3) is 6.22. The van der Waals surface area contributed by atoms with Crippen LogP contribution in [0.5, 0.6) is 0 Å². The largest absolute Gasteiger partial charge is 0.372 e. The molecule has 2 aliphatic heterocycles. The average Bonchev–Trinajstić information content (AvgIpc) is 3.68. The SMILES string of the molecule is CCN1CCC(N2C=C([C@@H](Nc3cc(Cl)c4ncc(C#N)c(Nc5ccc(C)c(Cl)c5)c4c3)c3sccc3Cl)NN2)CC1. The number of aryl methyl sites for hydroxylation is 1. The number of nitrogens with zero attached hydrogens (tertiary/aromatic N) is 4. The van der Waals surface area contributed by atoms with Crippen molar-refractivity contribution in [2.45, 2.75) is 38.8 Å². The maximum absolute atomic E-state index is 9.95. The maximum atomic E-state index is 9.95. The zero-order valence-corrected chi connectivity index (χ0v) is 26.8. The van der Waals surface area contributed by atoms with E-state index >= 15 is 0 Å². The summed E-state index contributed by atoms with van der Waals surface area (Å²) < 4.78 is 0. The van der Waals surface area contributed by atoms with Crippen molar-refractivity contribution >= 4 is 74.1 Å². The summed E-state index contributed by atoms with van der Waals surface area (Å²) in [6.07, 6.45) is 5.83. The molecule has 0 saturated carbocycles. The number of fused-ring (bicyclic) bond motifs is 1. The standard InChI is InChI=1S/C31H31Cl3N8S/c1-3-41-9-6-22(7-10-41)42-17-27(39-40-42)30(31-24(32)8-11-43-31)38-21-12-23-28(37-20-5-4-18(2)25(33)13-20)19(15-35)16-36-29(23)26(34)14-21/h4-5,8,11-14,16-17,22,30,38-40H,3,6-7,9-10H2,1-2H3,(H,36,37)/t30-/m1/s1. The summed E-state index contributed by atoms with van der Waals surface area (Å²) >= 11 is 21.5. The summed E-state index contributed by atoms with van der Waals surface area (Å²) in [6.45, 7) is 7.41. The highest BCUT2D eigenvalue weighted by Gasteiger charge is 2.30. The molecule has 0 unspecified atom stereocenters. The summed E-state index contributed by atoms with van der Waals surface area (Å²) in [7, 11) is 0. The minimum absolute atomic E-state index is 0.284. The number of halogens is 3. The van der Waals surface area contributed by atoms with Gasteiger partial charge < -0.3 is 21.0 Å². The van der Waals surface area contributed by atoms with Gasteiger partial charge in [0.1, 0.15) is 12.1 Å². The van der Waals surface area contributed by atoms with Crippen molar-refractivity contribution in [1.82, 2.24) is 25.9 Å². The van der Waals surface area contributed by atoms with Crippen LogP contribution < -0.4 is 21.6 Å². The Morgan fingerprint density at radius 1 is 1.09 bits per heavy atom. The highest BCUT2D eigenvalue weighted by Crippen LogP contribution is 2.40. The van der Waals surface area contributed by atoms with Crippen molar-refractivity contribution < 1.29 is 0 Å². The number of hydrogen-bond donors (Lipinski definition) is 4. The van der Waals surface area contributed by atoms with Crippen LogP contribution in [0.4, 0.5) is 17.1 Å². The summed E-state index contributed by atoms with van der Waals surface area (Å²) in [5, 5.41) is 23.6. The second-order valence-corrected chi connectivity index (χ2v) is 12.9. The van der Waals surface area contributed by atoms with Gasteiger partial charge in [0, 0.05) is 53.3 Å². The fraction of sp³-hybridized carbons (Fsp3) is 0.290. The predicted molar refractivity (Wildman–Crippen MR) is 178 cm³/mol. The fourth-order valence-corrected chi connectivity index (χ4v) is 7.22. The van der Waals surface area contributed by atoms with E-state index in [-0.39, 0.29) is 6.04 Å². The first-order chi connectivity index (χ1) is 20.8. The topological polar surface area (TPSA) is 91.3 Å². The number of rotatable bonds is 8. The van der Waals surface area contributed by atoms with Crippen LogP contribution in [0, 0.1) is 18.3 Å². The molecule has 0 bridgehead atoms. The summed E-state index contributed by atoms with van der Waals surface area (Å²) in [4.78, 5) is 7.96. The number of piperidine rings is 1. The van der Waals surface area contributed by atoms with Crippen LogP contribution >= 0.6 is 46.1 Å².